The van der Waals surface area contributed by atoms with Crippen molar-refractivity contribution in [2.75, 3.05) is 0 Å². The monoisotopic (exact) mass is 208 g/mol. The summed E-state index contributed by atoms with van der Waals surface area (Å²) in [6, 6.07) is 0. The maximum atomic E-state index is 11.3. The summed E-state index contributed by atoms with van der Waals surface area (Å²) < 4.78 is 0. The molecular formula is C14H24O. The molecule has 1 nitrogen and oxygen atoms in total. The Balaban J connectivity index is 2.56. The Kier molecular flexibility index (Phi) is 4.12. The van der Waals surface area contributed by atoms with Gasteiger partial charge < -0.3 is 0 Å². The average Bonchev–Trinajstić information content (AvgIpc) is 2.15. The van der Waals surface area contributed by atoms with Crippen molar-refractivity contribution in [2.24, 2.45) is 11.3 Å². The number of Topliss-reactive ketones (excluding diaryl/α,β-unsaturated/α-hetero) is 1. The molecule has 0 bridgehead atoms. The van der Waals surface area contributed by atoms with Crippen LogP contribution in [0, 0.1) is 11.3 Å². The molecule has 1 rings (SSSR count). The van der Waals surface area contributed by atoms with Crippen molar-refractivity contribution in [1.82, 2.24) is 0 Å². The first kappa shape index (κ1) is 12.5. The first-order valence-corrected chi connectivity index (χ1v) is 6.16. The highest BCUT2D eigenvalue weighted by Crippen LogP contribution is 2.45. The highest BCUT2D eigenvalue weighted by atomic mass is 16.1. The number of carbonyl (C=O) groups excluding carboxylic acids is 1. The van der Waals surface area contributed by atoms with Gasteiger partial charge in [0.2, 0.25) is 0 Å². The molecule has 1 heteroatoms. The van der Waals surface area contributed by atoms with Gasteiger partial charge in [-0.1, -0.05) is 32.9 Å². The Hall–Kier alpha value is -0.590. The quantitative estimate of drug-likeness (QED) is 0.635. The van der Waals surface area contributed by atoms with Crippen LogP contribution < -0.4 is 0 Å². The Morgan fingerprint density at radius 1 is 1.53 bits per heavy atom. The molecule has 1 aliphatic carbocycles. The van der Waals surface area contributed by atoms with Crippen LogP contribution >= 0.6 is 0 Å². The van der Waals surface area contributed by atoms with Crippen molar-refractivity contribution in [3.63, 3.8) is 0 Å². The zero-order valence-electron chi connectivity index (χ0n) is 10.4. The molecule has 0 unspecified atom stereocenters. The summed E-state index contributed by atoms with van der Waals surface area (Å²) in [5, 5.41) is 0. The van der Waals surface area contributed by atoms with E-state index >= 15 is 0 Å². The molecule has 0 amide bonds. The van der Waals surface area contributed by atoms with Gasteiger partial charge in [0.15, 0.2) is 0 Å². The molecule has 1 aliphatic rings. The number of allylic oxidation sites excluding steroid dienone is 1. The lowest BCUT2D eigenvalue weighted by Crippen LogP contribution is -2.29. The largest absolute Gasteiger partial charge is 0.300 e. The molecule has 0 radical (unpaired) electrons. The van der Waals surface area contributed by atoms with Crippen LogP contribution in [0.15, 0.2) is 12.2 Å². The predicted octanol–water partition coefficient (Wildman–Crippen LogP) is 4.13. The molecule has 0 N–H and O–H groups in total. The summed E-state index contributed by atoms with van der Waals surface area (Å²) in [7, 11) is 0. The summed E-state index contributed by atoms with van der Waals surface area (Å²) in [5.41, 5.74) is 1.72. The highest BCUT2D eigenvalue weighted by molar-refractivity contribution is 5.77. The van der Waals surface area contributed by atoms with Crippen molar-refractivity contribution in [1.29, 1.82) is 0 Å². The molecule has 0 spiro atoms. The Bertz CT molecular complexity index is 250. The van der Waals surface area contributed by atoms with E-state index in [1.807, 2.05) is 6.92 Å². The second-order valence-electron chi connectivity index (χ2n) is 5.48. The second kappa shape index (κ2) is 4.96. The molecule has 0 saturated heterocycles. The molecule has 0 heterocycles. The van der Waals surface area contributed by atoms with E-state index in [0.29, 0.717) is 23.5 Å². The fourth-order valence-corrected chi connectivity index (χ4v) is 2.75. The average molecular weight is 208 g/mol. The molecule has 1 saturated carbocycles. The lowest BCUT2D eigenvalue weighted by molar-refractivity contribution is -0.119. The van der Waals surface area contributed by atoms with Crippen LogP contribution in [0.25, 0.3) is 0 Å². The van der Waals surface area contributed by atoms with Crippen LogP contribution in [-0.2, 0) is 4.79 Å². The van der Waals surface area contributed by atoms with E-state index in [2.05, 4.69) is 20.4 Å². The van der Waals surface area contributed by atoms with Gasteiger partial charge >= 0.3 is 0 Å². The molecule has 0 aromatic rings. The summed E-state index contributed by atoms with van der Waals surface area (Å²) in [6.45, 7) is 10.8. The SMILES string of the molecule is C=C1CCCC(C)(C)[C@H]1CCC(=O)CC. The second-order valence-corrected chi connectivity index (χ2v) is 5.48. The molecule has 15 heavy (non-hydrogen) atoms. The van der Waals surface area contributed by atoms with Gasteiger partial charge in [-0.05, 0) is 37.0 Å². The van der Waals surface area contributed by atoms with Gasteiger partial charge in [0.25, 0.3) is 0 Å². The van der Waals surface area contributed by atoms with Gasteiger partial charge in [-0.15, -0.1) is 0 Å². The summed E-state index contributed by atoms with van der Waals surface area (Å²) in [6.07, 6.45) is 6.14. The van der Waals surface area contributed by atoms with Gasteiger partial charge in [-0.3, -0.25) is 4.79 Å². The first-order chi connectivity index (χ1) is 6.97. The van der Waals surface area contributed by atoms with Crippen LogP contribution in [0.1, 0.15) is 59.3 Å². The molecule has 1 atom stereocenters. The van der Waals surface area contributed by atoms with Crippen LogP contribution in [-0.4, -0.2) is 5.78 Å². The number of rotatable bonds is 4. The first-order valence-electron chi connectivity index (χ1n) is 6.16. The topological polar surface area (TPSA) is 17.1 Å². The Morgan fingerprint density at radius 2 is 2.20 bits per heavy atom. The van der Waals surface area contributed by atoms with E-state index in [1.165, 1.54) is 18.4 Å². The van der Waals surface area contributed by atoms with E-state index in [1.54, 1.807) is 0 Å². The maximum absolute atomic E-state index is 11.3. The van der Waals surface area contributed by atoms with Crippen molar-refractivity contribution in [2.45, 2.75) is 59.3 Å². The van der Waals surface area contributed by atoms with E-state index in [4.69, 9.17) is 0 Å². The summed E-state index contributed by atoms with van der Waals surface area (Å²) in [4.78, 5) is 11.3. The van der Waals surface area contributed by atoms with Crippen LogP contribution in [0.3, 0.4) is 0 Å². The standard InChI is InChI=1S/C14H24O/c1-5-12(15)8-9-13-11(2)7-6-10-14(13,3)4/h13H,2,5-10H2,1,3-4H3/t13-/m0/s1. The number of ketones is 1. The summed E-state index contributed by atoms with van der Waals surface area (Å²) in [5.74, 6) is 0.950. The van der Waals surface area contributed by atoms with Gasteiger partial charge in [-0.2, -0.15) is 0 Å². The Labute approximate surface area is 93.9 Å². The molecular weight excluding hydrogens is 184 g/mol. The van der Waals surface area contributed by atoms with Gasteiger partial charge in [0, 0.05) is 12.8 Å². The van der Waals surface area contributed by atoms with Crippen molar-refractivity contribution in [3.8, 4) is 0 Å². The minimum absolute atomic E-state index is 0.351. The van der Waals surface area contributed by atoms with E-state index in [9.17, 15) is 4.79 Å². The lowest BCUT2D eigenvalue weighted by atomic mass is 9.65. The normalized spacial score (nSPS) is 25.3. The number of hydrogen-bond donors (Lipinski definition) is 0. The number of carbonyl (C=O) groups is 1. The van der Waals surface area contributed by atoms with Gasteiger partial charge in [0.1, 0.15) is 5.78 Å². The third kappa shape index (κ3) is 3.19. The fourth-order valence-electron chi connectivity index (χ4n) is 2.75. The van der Waals surface area contributed by atoms with E-state index < -0.39 is 0 Å². The third-order valence-electron chi connectivity index (χ3n) is 3.86. The minimum Gasteiger partial charge on any atom is -0.300 e. The lowest BCUT2D eigenvalue weighted by Gasteiger charge is -2.40. The third-order valence-corrected chi connectivity index (χ3v) is 3.86. The van der Waals surface area contributed by atoms with Crippen molar-refractivity contribution >= 4 is 5.78 Å². The highest BCUT2D eigenvalue weighted by Gasteiger charge is 2.34. The Morgan fingerprint density at radius 3 is 2.73 bits per heavy atom. The van der Waals surface area contributed by atoms with Crippen molar-refractivity contribution in [3.05, 3.63) is 12.2 Å². The fraction of sp³-hybridized carbons (Fsp3) is 0.786. The summed E-state index contributed by atoms with van der Waals surface area (Å²) >= 11 is 0. The molecule has 0 aromatic heterocycles. The van der Waals surface area contributed by atoms with E-state index in [-0.39, 0.29) is 0 Å². The zero-order chi connectivity index (χ0) is 11.5. The van der Waals surface area contributed by atoms with Crippen molar-refractivity contribution < 1.29 is 4.79 Å². The molecule has 0 aromatic carbocycles. The number of hydrogen-bond acceptors (Lipinski definition) is 1. The molecule has 1 fully saturated rings. The van der Waals surface area contributed by atoms with Crippen LogP contribution in [0.4, 0.5) is 0 Å². The molecule has 0 aliphatic heterocycles. The van der Waals surface area contributed by atoms with Gasteiger partial charge in [-0.25, -0.2) is 0 Å². The maximum Gasteiger partial charge on any atom is 0.132 e. The van der Waals surface area contributed by atoms with Gasteiger partial charge in [0.05, 0.1) is 0 Å². The van der Waals surface area contributed by atoms with Crippen LogP contribution in [0.2, 0.25) is 0 Å². The van der Waals surface area contributed by atoms with E-state index in [0.717, 1.165) is 19.3 Å². The van der Waals surface area contributed by atoms with Crippen LogP contribution in [0.5, 0.6) is 0 Å². The zero-order valence-corrected chi connectivity index (χ0v) is 10.4. The minimum atomic E-state index is 0.351. The smallest absolute Gasteiger partial charge is 0.132 e. The molecule has 86 valence electrons. The predicted molar refractivity (Wildman–Crippen MR) is 64.8 cm³/mol.